The summed E-state index contributed by atoms with van der Waals surface area (Å²) in [5, 5.41) is 5.78. The summed E-state index contributed by atoms with van der Waals surface area (Å²) in [5.41, 5.74) is 0.604. The molecule has 0 saturated heterocycles. The number of amides is 1. The fourth-order valence-corrected chi connectivity index (χ4v) is 1.55. The van der Waals surface area contributed by atoms with Crippen LogP contribution in [0.3, 0.4) is 0 Å². The molecule has 0 aliphatic heterocycles. The van der Waals surface area contributed by atoms with Crippen molar-refractivity contribution >= 4 is 5.91 Å². The molecule has 1 aromatic carbocycles. The predicted octanol–water partition coefficient (Wildman–Crippen LogP) is 2.36. The first-order chi connectivity index (χ1) is 9.04. The van der Waals surface area contributed by atoms with Crippen molar-refractivity contribution in [2.75, 3.05) is 6.54 Å². The van der Waals surface area contributed by atoms with Crippen LogP contribution in [0.4, 0.5) is 8.78 Å². The fourth-order valence-electron chi connectivity index (χ4n) is 1.55. The second-order valence-electron chi connectivity index (χ2n) is 4.50. The summed E-state index contributed by atoms with van der Waals surface area (Å²) in [6.45, 7) is 4.77. The van der Waals surface area contributed by atoms with Crippen molar-refractivity contribution in [3.8, 4) is 0 Å². The number of rotatable bonds is 7. The van der Waals surface area contributed by atoms with Gasteiger partial charge in [0, 0.05) is 13.1 Å². The Labute approximate surface area is 112 Å². The quantitative estimate of drug-likeness (QED) is 0.747. The number of unbranched alkanes of at least 4 members (excludes halogenated alkanes) is 1. The maximum Gasteiger partial charge on any atom is 0.236 e. The molecule has 0 aliphatic rings. The van der Waals surface area contributed by atoms with E-state index in [0.29, 0.717) is 18.7 Å². The Morgan fingerprint density at radius 3 is 2.68 bits per heavy atom. The van der Waals surface area contributed by atoms with Gasteiger partial charge in [0.1, 0.15) is 0 Å². The summed E-state index contributed by atoms with van der Waals surface area (Å²) in [7, 11) is 0. The van der Waals surface area contributed by atoms with Crippen LogP contribution < -0.4 is 10.6 Å². The molecule has 5 heteroatoms. The molecular formula is C14H20F2N2O. The smallest absolute Gasteiger partial charge is 0.236 e. The van der Waals surface area contributed by atoms with Crippen LogP contribution in [0, 0.1) is 11.6 Å². The minimum Gasteiger partial charge on any atom is -0.355 e. The lowest BCUT2D eigenvalue weighted by Crippen LogP contribution is -2.42. The highest BCUT2D eigenvalue weighted by molar-refractivity contribution is 5.81. The van der Waals surface area contributed by atoms with E-state index in [1.54, 1.807) is 6.92 Å². The Hall–Kier alpha value is -1.49. The van der Waals surface area contributed by atoms with Gasteiger partial charge in [-0.1, -0.05) is 19.4 Å². The molecule has 0 fully saturated rings. The average molecular weight is 270 g/mol. The van der Waals surface area contributed by atoms with Crippen LogP contribution in [0.25, 0.3) is 0 Å². The zero-order chi connectivity index (χ0) is 14.3. The van der Waals surface area contributed by atoms with Crippen molar-refractivity contribution in [2.45, 2.75) is 39.3 Å². The first-order valence-corrected chi connectivity index (χ1v) is 6.49. The van der Waals surface area contributed by atoms with Crippen LogP contribution >= 0.6 is 0 Å². The summed E-state index contributed by atoms with van der Waals surface area (Å²) in [5.74, 6) is -1.83. The third-order valence-corrected chi connectivity index (χ3v) is 2.82. The number of carbonyl (C=O) groups is 1. The normalized spacial score (nSPS) is 12.2. The monoisotopic (exact) mass is 270 g/mol. The van der Waals surface area contributed by atoms with Crippen molar-refractivity contribution < 1.29 is 13.6 Å². The topological polar surface area (TPSA) is 41.1 Å². The van der Waals surface area contributed by atoms with E-state index in [4.69, 9.17) is 0 Å². The molecule has 0 bridgehead atoms. The number of hydrogen-bond donors (Lipinski definition) is 2. The van der Waals surface area contributed by atoms with Gasteiger partial charge in [-0.3, -0.25) is 4.79 Å². The molecule has 19 heavy (non-hydrogen) atoms. The lowest BCUT2D eigenvalue weighted by atomic mass is 10.2. The van der Waals surface area contributed by atoms with E-state index in [2.05, 4.69) is 17.6 Å². The maximum atomic E-state index is 13.0. The highest BCUT2D eigenvalue weighted by Gasteiger charge is 2.11. The van der Waals surface area contributed by atoms with Gasteiger partial charge in [-0.15, -0.1) is 0 Å². The molecular weight excluding hydrogens is 250 g/mol. The van der Waals surface area contributed by atoms with E-state index >= 15 is 0 Å². The maximum absolute atomic E-state index is 13.0. The summed E-state index contributed by atoms with van der Waals surface area (Å²) in [6.07, 6.45) is 1.97. The van der Waals surface area contributed by atoms with Crippen LogP contribution in [0.1, 0.15) is 32.3 Å². The minimum absolute atomic E-state index is 0.0870. The fraction of sp³-hybridized carbons (Fsp3) is 0.500. The highest BCUT2D eigenvalue weighted by Crippen LogP contribution is 2.08. The third-order valence-electron chi connectivity index (χ3n) is 2.82. The number of nitrogens with one attached hydrogen (secondary N) is 2. The molecule has 1 atom stereocenters. The summed E-state index contributed by atoms with van der Waals surface area (Å²) in [6, 6.07) is 3.33. The number of benzene rings is 1. The van der Waals surface area contributed by atoms with Gasteiger partial charge in [0.05, 0.1) is 6.04 Å². The van der Waals surface area contributed by atoms with Crippen LogP contribution in [0.15, 0.2) is 18.2 Å². The number of carbonyl (C=O) groups excluding carboxylic acids is 1. The molecule has 106 valence electrons. The van der Waals surface area contributed by atoms with Crippen molar-refractivity contribution in [1.82, 2.24) is 10.6 Å². The van der Waals surface area contributed by atoms with E-state index in [9.17, 15) is 13.6 Å². The van der Waals surface area contributed by atoms with Crippen LogP contribution in [0.2, 0.25) is 0 Å². The Morgan fingerprint density at radius 1 is 1.32 bits per heavy atom. The number of hydrogen-bond acceptors (Lipinski definition) is 2. The summed E-state index contributed by atoms with van der Waals surface area (Å²) < 4.78 is 25.7. The van der Waals surface area contributed by atoms with E-state index < -0.39 is 11.6 Å². The van der Waals surface area contributed by atoms with Gasteiger partial charge in [0.2, 0.25) is 5.91 Å². The van der Waals surface area contributed by atoms with Gasteiger partial charge >= 0.3 is 0 Å². The van der Waals surface area contributed by atoms with Gasteiger partial charge in [-0.2, -0.15) is 0 Å². The van der Waals surface area contributed by atoms with Gasteiger partial charge in [0.15, 0.2) is 11.6 Å². The van der Waals surface area contributed by atoms with Gasteiger partial charge in [-0.25, -0.2) is 8.78 Å². The summed E-state index contributed by atoms with van der Waals surface area (Å²) >= 11 is 0. The predicted molar refractivity (Wildman–Crippen MR) is 70.6 cm³/mol. The van der Waals surface area contributed by atoms with Gasteiger partial charge < -0.3 is 10.6 Å². The van der Waals surface area contributed by atoms with Crippen molar-refractivity contribution in [3.05, 3.63) is 35.4 Å². The molecule has 3 nitrogen and oxygen atoms in total. The Kier molecular flexibility index (Phi) is 6.42. The van der Waals surface area contributed by atoms with Crippen molar-refractivity contribution in [1.29, 1.82) is 0 Å². The van der Waals surface area contributed by atoms with E-state index in [-0.39, 0.29) is 11.9 Å². The van der Waals surface area contributed by atoms with Crippen LogP contribution in [-0.4, -0.2) is 18.5 Å². The van der Waals surface area contributed by atoms with Crippen molar-refractivity contribution in [2.24, 2.45) is 0 Å². The van der Waals surface area contributed by atoms with Gasteiger partial charge in [-0.05, 0) is 31.0 Å². The number of halogens is 2. The molecule has 2 N–H and O–H groups in total. The second-order valence-corrected chi connectivity index (χ2v) is 4.50. The molecule has 1 unspecified atom stereocenters. The van der Waals surface area contributed by atoms with E-state index in [0.717, 1.165) is 25.0 Å². The molecule has 0 heterocycles. The molecule has 1 aromatic rings. The Bertz CT molecular complexity index is 424. The van der Waals surface area contributed by atoms with Crippen molar-refractivity contribution in [3.63, 3.8) is 0 Å². The molecule has 0 aliphatic carbocycles. The Morgan fingerprint density at radius 2 is 2.05 bits per heavy atom. The zero-order valence-electron chi connectivity index (χ0n) is 11.3. The molecule has 0 spiro atoms. The zero-order valence-corrected chi connectivity index (χ0v) is 11.3. The van der Waals surface area contributed by atoms with E-state index in [1.165, 1.54) is 6.07 Å². The average Bonchev–Trinajstić information content (AvgIpc) is 2.40. The third kappa shape index (κ3) is 5.34. The first kappa shape index (κ1) is 15.6. The lowest BCUT2D eigenvalue weighted by Gasteiger charge is -2.14. The van der Waals surface area contributed by atoms with Gasteiger partial charge in [0.25, 0.3) is 0 Å². The lowest BCUT2D eigenvalue weighted by molar-refractivity contribution is -0.122. The van der Waals surface area contributed by atoms with Crippen LogP contribution in [-0.2, 0) is 11.3 Å². The Balaban J connectivity index is 2.38. The molecule has 0 saturated carbocycles. The molecule has 0 radical (unpaired) electrons. The first-order valence-electron chi connectivity index (χ1n) is 6.49. The molecule has 1 rings (SSSR count). The van der Waals surface area contributed by atoms with E-state index in [1.807, 2.05) is 0 Å². The largest absolute Gasteiger partial charge is 0.355 e. The SMILES string of the molecule is CCCCNC(=O)C(C)NCc1ccc(F)c(F)c1. The molecule has 0 aromatic heterocycles. The highest BCUT2D eigenvalue weighted by atomic mass is 19.2. The minimum atomic E-state index is -0.876. The molecule has 1 amide bonds. The summed E-state index contributed by atoms with van der Waals surface area (Å²) in [4.78, 5) is 11.7. The van der Waals surface area contributed by atoms with Crippen LogP contribution in [0.5, 0.6) is 0 Å². The second kappa shape index (κ2) is 7.84. The standard InChI is InChI=1S/C14H20F2N2O/c1-3-4-7-17-14(19)10(2)18-9-11-5-6-12(15)13(16)8-11/h5-6,8,10,18H,3-4,7,9H2,1-2H3,(H,17,19).